The second kappa shape index (κ2) is 5.93. The number of amides is 1. The second-order valence-electron chi connectivity index (χ2n) is 4.89. The van der Waals surface area contributed by atoms with Crippen LogP contribution in [0.15, 0.2) is 47.3 Å². The van der Waals surface area contributed by atoms with Crippen LogP contribution < -0.4 is 5.56 Å². The summed E-state index contributed by atoms with van der Waals surface area (Å²) in [6.45, 7) is 2.09. The number of hydrogen-bond donors (Lipinski definition) is 1. The van der Waals surface area contributed by atoms with E-state index in [-0.39, 0.29) is 17.0 Å². The standard InChI is InChI=1S/C16H16N2O3/c19-15-13(16(20)18-8-10-21-11-9-18)6-7-14(17-15)12-4-2-1-3-5-12/h1-7H,8-11H2,(H,17,19). The lowest BCUT2D eigenvalue weighted by Gasteiger charge is -2.26. The fraction of sp³-hybridized carbons (Fsp3) is 0.250. The highest BCUT2D eigenvalue weighted by atomic mass is 16.5. The Morgan fingerprint density at radius 3 is 2.43 bits per heavy atom. The maximum atomic E-state index is 12.3. The zero-order valence-electron chi connectivity index (χ0n) is 11.5. The molecule has 0 radical (unpaired) electrons. The van der Waals surface area contributed by atoms with Crippen molar-refractivity contribution in [3.05, 3.63) is 58.4 Å². The normalized spacial score (nSPS) is 15.0. The Balaban J connectivity index is 1.88. The summed E-state index contributed by atoms with van der Waals surface area (Å²) < 4.78 is 5.21. The molecular formula is C16H16N2O3. The minimum Gasteiger partial charge on any atom is -0.378 e. The summed E-state index contributed by atoms with van der Waals surface area (Å²) >= 11 is 0. The van der Waals surface area contributed by atoms with Gasteiger partial charge in [-0.3, -0.25) is 9.59 Å². The summed E-state index contributed by atoms with van der Waals surface area (Å²) in [7, 11) is 0. The number of carbonyl (C=O) groups is 1. The number of pyridine rings is 1. The Morgan fingerprint density at radius 1 is 1.05 bits per heavy atom. The van der Waals surface area contributed by atoms with E-state index in [1.54, 1.807) is 17.0 Å². The van der Waals surface area contributed by atoms with E-state index in [1.807, 2.05) is 30.3 Å². The van der Waals surface area contributed by atoms with Gasteiger partial charge in [-0.15, -0.1) is 0 Å². The number of nitrogens with zero attached hydrogens (tertiary/aromatic N) is 1. The molecular weight excluding hydrogens is 268 g/mol. The van der Waals surface area contributed by atoms with Crippen LogP contribution >= 0.6 is 0 Å². The van der Waals surface area contributed by atoms with Gasteiger partial charge in [0.15, 0.2) is 0 Å². The van der Waals surface area contributed by atoms with Crippen molar-refractivity contribution in [1.29, 1.82) is 0 Å². The lowest BCUT2D eigenvalue weighted by molar-refractivity contribution is 0.0301. The smallest absolute Gasteiger partial charge is 0.261 e. The summed E-state index contributed by atoms with van der Waals surface area (Å²) in [6, 6.07) is 12.9. The molecule has 5 heteroatoms. The Hall–Kier alpha value is -2.40. The first-order chi connectivity index (χ1) is 10.3. The maximum absolute atomic E-state index is 12.3. The van der Waals surface area contributed by atoms with Crippen molar-refractivity contribution in [2.45, 2.75) is 0 Å². The molecule has 0 atom stereocenters. The van der Waals surface area contributed by atoms with Crippen LogP contribution in [0.1, 0.15) is 10.4 Å². The van der Waals surface area contributed by atoms with E-state index >= 15 is 0 Å². The lowest BCUT2D eigenvalue weighted by atomic mass is 10.1. The third-order valence-electron chi connectivity index (χ3n) is 3.52. The molecule has 0 bridgehead atoms. The monoisotopic (exact) mass is 284 g/mol. The SMILES string of the molecule is O=C(c1ccc(-c2ccccc2)[nH]c1=O)N1CCOCC1. The molecule has 21 heavy (non-hydrogen) atoms. The first-order valence-electron chi connectivity index (χ1n) is 6.91. The topological polar surface area (TPSA) is 62.4 Å². The van der Waals surface area contributed by atoms with Crippen molar-refractivity contribution in [3.8, 4) is 11.3 Å². The average molecular weight is 284 g/mol. The van der Waals surface area contributed by atoms with Crippen LogP contribution in [0.25, 0.3) is 11.3 Å². The zero-order valence-corrected chi connectivity index (χ0v) is 11.5. The number of rotatable bonds is 2. The van der Waals surface area contributed by atoms with Crippen LogP contribution in [0.2, 0.25) is 0 Å². The molecule has 1 aromatic heterocycles. The van der Waals surface area contributed by atoms with Gasteiger partial charge in [-0.1, -0.05) is 30.3 Å². The van der Waals surface area contributed by atoms with Crippen LogP contribution in [0, 0.1) is 0 Å². The van der Waals surface area contributed by atoms with Crippen LogP contribution in [0.5, 0.6) is 0 Å². The molecule has 1 N–H and O–H groups in total. The van der Waals surface area contributed by atoms with Gasteiger partial charge in [0.05, 0.1) is 13.2 Å². The Morgan fingerprint density at radius 2 is 1.76 bits per heavy atom. The average Bonchev–Trinajstić information content (AvgIpc) is 2.56. The number of nitrogens with one attached hydrogen (secondary N) is 1. The molecule has 108 valence electrons. The second-order valence-corrected chi connectivity index (χ2v) is 4.89. The molecule has 1 saturated heterocycles. The van der Waals surface area contributed by atoms with E-state index < -0.39 is 0 Å². The Bertz CT molecular complexity index is 688. The van der Waals surface area contributed by atoms with Gasteiger partial charge >= 0.3 is 0 Å². The summed E-state index contributed by atoms with van der Waals surface area (Å²) in [5.41, 5.74) is 1.45. The van der Waals surface area contributed by atoms with Gasteiger partial charge < -0.3 is 14.6 Å². The van der Waals surface area contributed by atoms with Gasteiger partial charge in [-0.2, -0.15) is 0 Å². The largest absolute Gasteiger partial charge is 0.378 e. The third kappa shape index (κ3) is 2.87. The number of carbonyl (C=O) groups excluding carboxylic acids is 1. The fourth-order valence-electron chi connectivity index (χ4n) is 2.36. The van der Waals surface area contributed by atoms with Crippen LogP contribution in [-0.2, 0) is 4.74 Å². The van der Waals surface area contributed by atoms with E-state index in [9.17, 15) is 9.59 Å². The van der Waals surface area contributed by atoms with Crippen molar-refractivity contribution in [3.63, 3.8) is 0 Å². The predicted molar refractivity (Wildman–Crippen MR) is 79.2 cm³/mol. The molecule has 3 rings (SSSR count). The van der Waals surface area contributed by atoms with Gasteiger partial charge in [0.25, 0.3) is 11.5 Å². The van der Waals surface area contributed by atoms with Crippen LogP contribution in [0.3, 0.4) is 0 Å². The fourth-order valence-corrected chi connectivity index (χ4v) is 2.36. The highest BCUT2D eigenvalue weighted by Crippen LogP contribution is 2.15. The molecule has 2 heterocycles. The molecule has 1 amide bonds. The third-order valence-corrected chi connectivity index (χ3v) is 3.52. The maximum Gasteiger partial charge on any atom is 0.261 e. The van der Waals surface area contributed by atoms with Gasteiger partial charge in [0.1, 0.15) is 5.56 Å². The van der Waals surface area contributed by atoms with Gasteiger partial charge in [-0.25, -0.2) is 0 Å². The van der Waals surface area contributed by atoms with Crippen molar-refractivity contribution in [2.24, 2.45) is 0 Å². The van der Waals surface area contributed by atoms with Crippen molar-refractivity contribution in [2.75, 3.05) is 26.3 Å². The molecule has 2 aromatic rings. The number of morpholine rings is 1. The molecule has 0 spiro atoms. The number of H-pyrrole nitrogens is 1. The van der Waals surface area contributed by atoms with Crippen LogP contribution in [0.4, 0.5) is 0 Å². The molecule has 1 aliphatic heterocycles. The minimum atomic E-state index is -0.354. The first kappa shape index (κ1) is 13.6. The minimum absolute atomic E-state index is 0.177. The Labute approximate surface area is 122 Å². The van der Waals surface area contributed by atoms with Gasteiger partial charge in [-0.05, 0) is 17.7 Å². The summed E-state index contributed by atoms with van der Waals surface area (Å²) in [5, 5.41) is 0. The van der Waals surface area contributed by atoms with Crippen molar-refractivity contribution in [1.82, 2.24) is 9.88 Å². The molecule has 0 saturated carbocycles. The first-order valence-corrected chi connectivity index (χ1v) is 6.91. The van der Waals surface area contributed by atoms with E-state index in [0.717, 1.165) is 5.56 Å². The number of hydrogen-bond acceptors (Lipinski definition) is 3. The molecule has 1 aromatic carbocycles. The number of aromatic amines is 1. The predicted octanol–water partition coefficient (Wildman–Crippen LogP) is 1.51. The molecule has 1 aliphatic rings. The quantitative estimate of drug-likeness (QED) is 0.909. The van der Waals surface area contributed by atoms with Crippen molar-refractivity contribution < 1.29 is 9.53 Å². The highest BCUT2D eigenvalue weighted by Gasteiger charge is 2.21. The number of benzene rings is 1. The van der Waals surface area contributed by atoms with Crippen molar-refractivity contribution >= 4 is 5.91 Å². The number of aromatic nitrogens is 1. The van der Waals surface area contributed by atoms with E-state index in [2.05, 4.69) is 4.98 Å². The Kier molecular flexibility index (Phi) is 3.83. The van der Waals surface area contributed by atoms with Gasteiger partial charge in [0, 0.05) is 18.8 Å². The van der Waals surface area contributed by atoms with E-state index in [0.29, 0.717) is 32.0 Å². The zero-order chi connectivity index (χ0) is 14.7. The molecule has 5 nitrogen and oxygen atoms in total. The molecule has 0 unspecified atom stereocenters. The summed E-state index contributed by atoms with van der Waals surface area (Å²) in [4.78, 5) is 28.9. The number of ether oxygens (including phenoxy) is 1. The summed E-state index contributed by atoms with van der Waals surface area (Å²) in [5.74, 6) is -0.237. The summed E-state index contributed by atoms with van der Waals surface area (Å²) in [6.07, 6.45) is 0. The van der Waals surface area contributed by atoms with Crippen LogP contribution in [-0.4, -0.2) is 42.1 Å². The lowest BCUT2D eigenvalue weighted by Crippen LogP contribution is -2.42. The van der Waals surface area contributed by atoms with Gasteiger partial charge in [0.2, 0.25) is 0 Å². The highest BCUT2D eigenvalue weighted by molar-refractivity contribution is 5.94. The van der Waals surface area contributed by atoms with E-state index in [1.165, 1.54) is 0 Å². The molecule has 1 fully saturated rings. The van der Waals surface area contributed by atoms with E-state index in [4.69, 9.17) is 4.74 Å². The molecule has 0 aliphatic carbocycles.